The molecule has 0 saturated carbocycles. The van der Waals surface area contributed by atoms with Crippen molar-refractivity contribution in [2.75, 3.05) is 0 Å². The van der Waals surface area contributed by atoms with E-state index in [9.17, 15) is 0 Å². The van der Waals surface area contributed by atoms with Gasteiger partial charge in [0.25, 0.3) is 0 Å². The fourth-order valence-corrected chi connectivity index (χ4v) is 3.06. The van der Waals surface area contributed by atoms with Crippen LogP contribution < -0.4 is 0 Å². The minimum absolute atomic E-state index is 0.694. The van der Waals surface area contributed by atoms with Crippen LogP contribution in [0.3, 0.4) is 0 Å². The molecule has 0 radical (unpaired) electrons. The highest BCUT2D eigenvalue weighted by atomic mass is 127. The van der Waals surface area contributed by atoms with Gasteiger partial charge in [0.2, 0.25) is 0 Å². The molecule has 110 valence electrons. The zero-order valence-electron chi connectivity index (χ0n) is 12.1. The van der Waals surface area contributed by atoms with E-state index in [1.165, 1.54) is 5.39 Å². The number of benzene rings is 3. The zero-order chi connectivity index (χ0) is 15.6. The van der Waals surface area contributed by atoms with Crippen molar-refractivity contribution >= 4 is 33.4 Å². The van der Waals surface area contributed by atoms with E-state index in [1.54, 1.807) is 0 Å². The van der Waals surface area contributed by atoms with Gasteiger partial charge in [0.15, 0.2) is 15.5 Å². The summed E-state index contributed by atoms with van der Waals surface area (Å²) in [4.78, 5) is 13.7. The van der Waals surface area contributed by atoms with Gasteiger partial charge in [-0.1, -0.05) is 72.8 Å². The van der Waals surface area contributed by atoms with E-state index >= 15 is 0 Å². The summed E-state index contributed by atoms with van der Waals surface area (Å²) in [6.45, 7) is 0. The van der Waals surface area contributed by atoms with Gasteiger partial charge in [-0.25, -0.2) is 15.0 Å². The number of rotatable bonds is 2. The van der Waals surface area contributed by atoms with Crippen molar-refractivity contribution in [3.63, 3.8) is 0 Å². The number of aromatic nitrogens is 3. The Balaban J connectivity index is 1.94. The Hall–Kier alpha value is -2.34. The van der Waals surface area contributed by atoms with Crippen LogP contribution in [0.25, 0.3) is 33.5 Å². The van der Waals surface area contributed by atoms with E-state index < -0.39 is 0 Å². The fourth-order valence-electron chi connectivity index (χ4n) is 2.61. The first-order valence-corrected chi connectivity index (χ1v) is 8.34. The van der Waals surface area contributed by atoms with Crippen LogP contribution in [0.5, 0.6) is 0 Å². The molecule has 0 unspecified atom stereocenters. The number of halogens is 1. The molecule has 0 aliphatic heterocycles. The van der Waals surface area contributed by atoms with Gasteiger partial charge in [0, 0.05) is 33.7 Å². The van der Waals surface area contributed by atoms with Gasteiger partial charge in [-0.3, -0.25) is 0 Å². The third kappa shape index (κ3) is 2.82. The minimum Gasteiger partial charge on any atom is -0.208 e. The zero-order valence-corrected chi connectivity index (χ0v) is 14.3. The Labute approximate surface area is 147 Å². The van der Waals surface area contributed by atoms with Gasteiger partial charge in [-0.05, 0) is 10.8 Å². The molecule has 0 aliphatic carbocycles. The maximum atomic E-state index is 4.70. The molecule has 3 nitrogen and oxygen atoms in total. The van der Waals surface area contributed by atoms with Crippen molar-refractivity contribution in [1.82, 2.24) is 15.0 Å². The highest BCUT2D eigenvalue weighted by Gasteiger charge is 2.11. The Kier molecular flexibility index (Phi) is 3.75. The van der Waals surface area contributed by atoms with Gasteiger partial charge in [0.05, 0.1) is 0 Å². The standard InChI is InChI=1S/C19H12IN3/c20-19-22-17(14-8-2-1-3-9-14)21-18(23-19)16-12-6-10-13-7-4-5-11-15(13)16/h1-12H. The molecule has 0 atom stereocenters. The van der Waals surface area contributed by atoms with Crippen molar-refractivity contribution in [2.45, 2.75) is 0 Å². The Morgan fingerprint density at radius 3 is 2.17 bits per heavy atom. The molecular weight excluding hydrogens is 397 g/mol. The fraction of sp³-hybridized carbons (Fsp3) is 0. The molecule has 0 bridgehead atoms. The lowest BCUT2D eigenvalue weighted by molar-refractivity contribution is 1.03. The third-order valence-electron chi connectivity index (χ3n) is 3.67. The Bertz CT molecular complexity index is 979. The van der Waals surface area contributed by atoms with Crippen molar-refractivity contribution in [1.29, 1.82) is 0 Å². The lowest BCUT2D eigenvalue weighted by Gasteiger charge is -2.07. The molecule has 0 amide bonds. The van der Waals surface area contributed by atoms with Crippen LogP contribution in [-0.4, -0.2) is 15.0 Å². The number of fused-ring (bicyclic) bond motifs is 1. The first-order chi connectivity index (χ1) is 11.3. The first-order valence-electron chi connectivity index (χ1n) is 7.26. The van der Waals surface area contributed by atoms with Crippen LogP contribution in [-0.2, 0) is 0 Å². The number of hydrogen-bond donors (Lipinski definition) is 0. The van der Waals surface area contributed by atoms with Gasteiger partial charge in [-0.15, -0.1) is 0 Å². The Morgan fingerprint density at radius 2 is 1.30 bits per heavy atom. The predicted molar refractivity (Wildman–Crippen MR) is 101 cm³/mol. The summed E-state index contributed by atoms with van der Waals surface area (Å²) in [6.07, 6.45) is 0. The smallest absolute Gasteiger partial charge is 0.194 e. The lowest BCUT2D eigenvalue weighted by Crippen LogP contribution is -1.99. The van der Waals surface area contributed by atoms with Crippen LogP contribution in [0.2, 0.25) is 0 Å². The van der Waals surface area contributed by atoms with E-state index in [-0.39, 0.29) is 0 Å². The van der Waals surface area contributed by atoms with Crippen molar-refractivity contribution in [3.8, 4) is 22.8 Å². The number of nitrogens with zero attached hydrogens (tertiary/aromatic N) is 3. The van der Waals surface area contributed by atoms with Gasteiger partial charge in [-0.2, -0.15) is 0 Å². The molecule has 23 heavy (non-hydrogen) atoms. The molecular formula is C19H12IN3. The van der Waals surface area contributed by atoms with E-state index in [4.69, 9.17) is 4.98 Å². The van der Waals surface area contributed by atoms with Crippen LogP contribution in [0.1, 0.15) is 0 Å². The predicted octanol–water partition coefficient (Wildman–Crippen LogP) is 4.96. The summed E-state index contributed by atoms with van der Waals surface area (Å²) < 4.78 is 0.694. The molecule has 4 heteroatoms. The van der Waals surface area contributed by atoms with E-state index in [0.29, 0.717) is 15.5 Å². The lowest BCUT2D eigenvalue weighted by atomic mass is 10.0. The largest absolute Gasteiger partial charge is 0.208 e. The molecule has 1 heterocycles. The SMILES string of the molecule is Ic1nc(-c2ccccc2)nc(-c2cccc3ccccc23)n1. The summed E-state index contributed by atoms with van der Waals surface area (Å²) in [7, 11) is 0. The molecule has 1 aromatic heterocycles. The molecule has 4 rings (SSSR count). The van der Waals surface area contributed by atoms with Crippen LogP contribution in [0, 0.1) is 3.83 Å². The normalized spacial score (nSPS) is 10.8. The monoisotopic (exact) mass is 409 g/mol. The van der Waals surface area contributed by atoms with E-state index in [1.807, 2.05) is 48.5 Å². The number of hydrogen-bond acceptors (Lipinski definition) is 3. The second-order valence-electron chi connectivity index (χ2n) is 5.14. The van der Waals surface area contributed by atoms with Gasteiger partial charge in [0.1, 0.15) is 0 Å². The van der Waals surface area contributed by atoms with Gasteiger partial charge < -0.3 is 0 Å². The summed E-state index contributed by atoms with van der Waals surface area (Å²) >= 11 is 2.15. The van der Waals surface area contributed by atoms with Crippen molar-refractivity contribution in [2.24, 2.45) is 0 Å². The maximum Gasteiger partial charge on any atom is 0.194 e. The van der Waals surface area contributed by atoms with Crippen molar-refractivity contribution < 1.29 is 0 Å². The van der Waals surface area contributed by atoms with E-state index in [0.717, 1.165) is 16.5 Å². The molecule has 0 N–H and O–H groups in total. The minimum atomic E-state index is 0.694. The van der Waals surface area contributed by atoms with Crippen molar-refractivity contribution in [3.05, 3.63) is 76.6 Å². The van der Waals surface area contributed by atoms with Crippen LogP contribution >= 0.6 is 22.6 Å². The first kappa shape index (κ1) is 14.3. The van der Waals surface area contributed by atoms with Crippen LogP contribution in [0.4, 0.5) is 0 Å². The second-order valence-corrected chi connectivity index (χ2v) is 6.11. The van der Waals surface area contributed by atoms with E-state index in [2.05, 4.69) is 56.8 Å². The molecule has 0 fully saturated rings. The van der Waals surface area contributed by atoms with Gasteiger partial charge >= 0.3 is 0 Å². The molecule has 3 aromatic carbocycles. The summed E-state index contributed by atoms with van der Waals surface area (Å²) in [6, 6.07) is 24.5. The molecule has 4 aromatic rings. The average molecular weight is 409 g/mol. The quantitative estimate of drug-likeness (QED) is 0.439. The maximum absolute atomic E-state index is 4.70. The molecule has 0 aliphatic rings. The average Bonchev–Trinajstić information content (AvgIpc) is 2.61. The third-order valence-corrected chi connectivity index (χ3v) is 4.15. The molecule has 0 saturated heterocycles. The highest BCUT2D eigenvalue weighted by Crippen LogP contribution is 2.27. The Morgan fingerprint density at radius 1 is 0.609 bits per heavy atom. The summed E-state index contributed by atoms with van der Waals surface area (Å²) in [5, 5.41) is 2.33. The molecule has 0 spiro atoms. The summed E-state index contributed by atoms with van der Waals surface area (Å²) in [5.74, 6) is 1.41. The van der Waals surface area contributed by atoms with Crippen LogP contribution in [0.15, 0.2) is 72.8 Å². The summed E-state index contributed by atoms with van der Waals surface area (Å²) in [5.41, 5.74) is 2.02. The second kappa shape index (κ2) is 6.04. The topological polar surface area (TPSA) is 38.7 Å². The highest BCUT2D eigenvalue weighted by molar-refractivity contribution is 14.1.